The van der Waals surface area contributed by atoms with E-state index in [1.165, 1.54) is 173 Å². The van der Waals surface area contributed by atoms with Gasteiger partial charge in [-0.15, -0.1) is 0 Å². The van der Waals surface area contributed by atoms with E-state index in [9.17, 15) is 19.8 Å². The maximum Gasteiger partial charge on any atom is 0.305 e. The Labute approximate surface area is 372 Å². The molecular weight excluding hydrogens is 743 g/mol. The van der Waals surface area contributed by atoms with Gasteiger partial charge in [0.2, 0.25) is 5.91 Å². The van der Waals surface area contributed by atoms with Crippen LogP contribution in [0.3, 0.4) is 0 Å². The summed E-state index contributed by atoms with van der Waals surface area (Å²) in [4.78, 5) is 24.4. The lowest BCUT2D eigenvalue weighted by molar-refractivity contribution is -0.143. The number of amides is 1. The fourth-order valence-corrected chi connectivity index (χ4v) is 7.55. The van der Waals surface area contributed by atoms with E-state index in [0.29, 0.717) is 19.4 Å². The highest BCUT2D eigenvalue weighted by molar-refractivity contribution is 5.76. The largest absolute Gasteiger partial charge is 0.466 e. The Morgan fingerprint density at radius 3 is 1.35 bits per heavy atom. The lowest BCUT2D eigenvalue weighted by Gasteiger charge is -2.20. The van der Waals surface area contributed by atoms with Crippen LogP contribution in [0.1, 0.15) is 258 Å². The van der Waals surface area contributed by atoms with Gasteiger partial charge in [-0.05, 0) is 83.5 Å². The highest BCUT2D eigenvalue weighted by atomic mass is 16.5. The first kappa shape index (κ1) is 57.8. The molecular formula is C54H99NO5. The van der Waals surface area contributed by atoms with Crippen molar-refractivity contribution in [1.82, 2.24) is 5.32 Å². The number of hydrogen-bond donors (Lipinski definition) is 3. The maximum absolute atomic E-state index is 12.4. The van der Waals surface area contributed by atoms with Crippen molar-refractivity contribution in [3.05, 3.63) is 48.6 Å². The summed E-state index contributed by atoms with van der Waals surface area (Å²) in [6, 6.07) is -0.632. The predicted octanol–water partition coefficient (Wildman–Crippen LogP) is 15.5. The third-order valence-corrected chi connectivity index (χ3v) is 11.5. The number of ether oxygens (including phenoxy) is 1. The number of hydrogen-bond acceptors (Lipinski definition) is 5. The zero-order valence-electron chi connectivity index (χ0n) is 39.7. The van der Waals surface area contributed by atoms with E-state index in [1.807, 2.05) is 6.08 Å². The molecule has 0 fully saturated rings. The van der Waals surface area contributed by atoms with E-state index in [4.69, 9.17) is 4.74 Å². The third-order valence-electron chi connectivity index (χ3n) is 11.5. The van der Waals surface area contributed by atoms with E-state index in [2.05, 4.69) is 55.6 Å². The lowest BCUT2D eigenvalue weighted by Crippen LogP contribution is -2.45. The van der Waals surface area contributed by atoms with Crippen molar-refractivity contribution >= 4 is 11.9 Å². The SMILES string of the molecule is CCC/C=C\C/C=C\CCCCCCCC(=O)OCCCCCCCCCCCC/C=C\CCCCCCCCCC(=O)NC(CO)C(O)/C=C/CCCCCCCCC. The molecule has 0 bridgehead atoms. The van der Waals surface area contributed by atoms with Crippen LogP contribution in [-0.4, -0.2) is 47.4 Å². The summed E-state index contributed by atoms with van der Waals surface area (Å²) in [6.45, 7) is 4.78. The fraction of sp³-hybridized carbons (Fsp3) is 0.815. The van der Waals surface area contributed by atoms with Gasteiger partial charge in [0.1, 0.15) is 0 Å². The van der Waals surface area contributed by atoms with Crippen molar-refractivity contribution in [3.63, 3.8) is 0 Å². The van der Waals surface area contributed by atoms with Gasteiger partial charge in [0.15, 0.2) is 0 Å². The minimum absolute atomic E-state index is 0.00898. The monoisotopic (exact) mass is 842 g/mol. The first-order valence-electron chi connectivity index (χ1n) is 25.9. The van der Waals surface area contributed by atoms with E-state index in [1.54, 1.807) is 6.08 Å². The second-order valence-electron chi connectivity index (χ2n) is 17.5. The Morgan fingerprint density at radius 2 is 0.867 bits per heavy atom. The molecule has 60 heavy (non-hydrogen) atoms. The molecule has 2 unspecified atom stereocenters. The number of unbranched alkanes of at least 4 members (excludes halogenated alkanes) is 30. The van der Waals surface area contributed by atoms with Crippen LogP contribution >= 0.6 is 0 Å². The van der Waals surface area contributed by atoms with Gasteiger partial charge in [-0.25, -0.2) is 0 Å². The summed E-state index contributed by atoms with van der Waals surface area (Å²) in [7, 11) is 0. The molecule has 0 saturated carbocycles. The number of carbonyl (C=O) groups excluding carboxylic acids is 2. The van der Waals surface area contributed by atoms with Crippen LogP contribution in [0.25, 0.3) is 0 Å². The summed E-state index contributed by atoms with van der Waals surface area (Å²) in [5.74, 6) is -0.0891. The molecule has 3 N–H and O–H groups in total. The second kappa shape index (κ2) is 49.5. The molecule has 2 atom stereocenters. The van der Waals surface area contributed by atoms with Crippen molar-refractivity contribution in [3.8, 4) is 0 Å². The fourth-order valence-electron chi connectivity index (χ4n) is 7.55. The Bertz CT molecular complexity index is 1020. The molecule has 1 amide bonds. The van der Waals surface area contributed by atoms with Crippen LogP contribution < -0.4 is 5.32 Å². The molecule has 0 aliphatic heterocycles. The minimum Gasteiger partial charge on any atom is -0.466 e. The quantitative estimate of drug-likeness (QED) is 0.0322. The van der Waals surface area contributed by atoms with Gasteiger partial charge in [0.25, 0.3) is 0 Å². The molecule has 0 spiro atoms. The second-order valence-corrected chi connectivity index (χ2v) is 17.5. The number of allylic oxidation sites excluding steroid dienone is 7. The zero-order chi connectivity index (χ0) is 43.7. The van der Waals surface area contributed by atoms with Crippen LogP contribution in [0.2, 0.25) is 0 Å². The molecule has 0 aromatic carbocycles. The summed E-state index contributed by atoms with van der Waals surface area (Å²) >= 11 is 0. The van der Waals surface area contributed by atoms with E-state index >= 15 is 0 Å². The first-order valence-corrected chi connectivity index (χ1v) is 25.9. The third kappa shape index (κ3) is 45.3. The molecule has 0 radical (unpaired) electrons. The van der Waals surface area contributed by atoms with Gasteiger partial charge in [0, 0.05) is 12.8 Å². The van der Waals surface area contributed by atoms with Gasteiger partial charge < -0.3 is 20.3 Å². The van der Waals surface area contributed by atoms with Gasteiger partial charge in [0.05, 0.1) is 25.4 Å². The molecule has 0 rings (SSSR count). The Balaban J connectivity index is 3.44. The molecule has 6 nitrogen and oxygen atoms in total. The molecule has 350 valence electrons. The van der Waals surface area contributed by atoms with Crippen LogP contribution in [0, 0.1) is 0 Å². The number of aliphatic hydroxyl groups excluding tert-OH is 2. The van der Waals surface area contributed by atoms with Gasteiger partial charge >= 0.3 is 5.97 Å². The smallest absolute Gasteiger partial charge is 0.305 e. The molecule has 0 aliphatic carbocycles. The van der Waals surface area contributed by atoms with Crippen molar-refractivity contribution in [2.24, 2.45) is 0 Å². The van der Waals surface area contributed by atoms with Crippen molar-refractivity contribution in [2.45, 2.75) is 270 Å². The Morgan fingerprint density at radius 1 is 0.467 bits per heavy atom. The minimum atomic E-state index is -0.847. The van der Waals surface area contributed by atoms with Crippen LogP contribution in [0.5, 0.6) is 0 Å². The van der Waals surface area contributed by atoms with Crippen molar-refractivity contribution < 1.29 is 24.5 Å². The first-order chi connectivity index (χ1) is 29.5. The lowest BCUT2D eigenvalue weighted by atomic mass is 10.0. The number of nitrogens with one attached hydrogen (secondary N) is 1. The van der Waals surface area contributed by atoms with Crippen LogP contribution in [-0.2, 0) is 14.3 Å². The molecule has 0 aromatic heterocycles. The van der Waals surface area contributed by atoms with E-state index < -0.39 is 12.1 Å². The molecule has 6 heteroatoms. The molecule has 0 aromatic rings. The standard InChI is InChI=1S/C54H99NO5/c1-3-5-7-9-11-13-14-24-28-32-36-40-44-48-54(59)60-49-45-41-37-33-29-26-23-21-19-17-15-16-18-20-22-25-27-31-35-39-43-47-53(58)55-51(50-56)52(57)46-42-38-34-30-12-10-8-6-4-2/h7,9,13-14,16,18,42,46,51-52,56-57H,3-6,8,10-12,15,17,19-41,43-45,47-50H2,1-2H3,(H,55,58)/b9-7-,14-13-,18-16-,46-42+. The molecule has 0 saturated heterocycles. The van der Waals surface area contributed by atoms with Gasteiger partial charge in [-0.2, -0.15) is 0 Å². The average Bonchev–Trinajstić information content (AvgIpc) is 3.25. The van der Waals surface area contributed by atoms with Gasteiger partial charge in [-0.1, -0.05) is 210 Å². The van der Waals surface area contributed by atoms with E-state index in [0.717, 1.165) is 57.8 Å². The average molecular weight is 842 g/mol. The number of rotatable bonds is 47. The number of esters is 1. The molecule has 0 aliphatic rings. The van der Waals surface area contributed by atoms with E-state index in [-0.39, 0.29) is 18.5 Å². The van der Waals surface area contributed by atoms with Crippen LogP contribution in [0.15, 0.2) is 48.6 Å². The maximum atomic E-state index is 12.4. The zero-order valence-corrected chi connectivity index (χ0v) is 39.7. The van der Waals surface area contributed by atoms with Crippen LogP contribution in [0.4, 0.5) is 0 Å². The highest BCUT2D eigenvalue weighted by Gasteiger charge is 2.18. The summed E-state index contributed by atoms with van der Waals surface area (Å²) in [5.41, 5.74) is 0. The highest BCUT2D eigenvalue weighted by Crippen LogP contribution is 2.15. The number of carbonyl (C=O) groups is 2. The summed E-state index contributed by atoms with van der Waals surface area (Å²) in [6.07, 6.45) is 61.2. The molecule has 0 heterocycles. The summed E-state index contributed by atoms with van der Waals surface area (Å²) < 4.78 is 5.45. The normalized spacial score (nSPS) is 13.1. The Kier molecular flexibility index (Phi) is 47.7. The predicted molar refractivity (Wildman–Crippen MR) is 259 cm³/mol. The summed E-state index contributed by atoms with van der Waals surface area (Å²) in [5, 5.41) is 22.9. The number of aliphatic hydroxyl groups is 2. The van der Waals surface area contributed by atoms with Crippen molar-refractivity contribution in [1.29, 1.82) is 0 Å². The Hall–Kier alpha value is -2.18. The topological polar surface area (TPSA) is 95.9 Å². The van der Waals surface area contributed by atoms with Gasteiger partial charge in [-0.3, -0.25) is 9.59 Å². The van der Waals surface area contributed by atoms with Crippen molar-refractivity contribution in [2.75, 3.05) is 13.2 Å².